The molecule has 3 heterocycles. The Morgan fingerprint density at radius 2 is 1.81 bits per heavy atom. The smallest absolute Gasteiger partial charge is 0.407 e. The Bertz CT molecular complexity index is 1960. The van der Waals surface area contributed by atoms with E-state index in [9.17, 15) is 35.9 Å². The third kappa shape index (κ3) is 7.15. The van der Waals surface area contributed by atoms with E-state index in [0.29, 0.717) is 32.6 Å². The molecular weight excluding hydrogens is 720 g/mol. The van der Waals surface area contributed by atoms with Crippen molar-refractivity contribution < 1.29 is 40.7 Å². The van der Waals surface area contributed by atoms with E-state index in [1.54, 1.807) is 24.3 Å². The first-order valence-corrected chi connectivity index (χ1v) is 16.2. The van der Waals surface area contributed by atoms with Crippen molar-refractivity contribution in [2.24, 2.45) is 26.2 Å². The van der Waals surface area contributed by atoms with Crippen molar-refractivity contribution in [3.63, 3.8) is 0 Å². The zero-order chi connectivity index (χ0) is 37.8. The molecule has 3 aromatic rings. The molecule has 52 heavy (non-hydrogen) atoms. The molecule has 6 rings (SSSR count). The zero-order valence-electron chi connectivity index (χ0n) is 27.8. The Hall–Kier alpha value is -5.13. The highest BCUT2D eigenvalue weighted by Crippen LogP contribution is 2.46. The van der Waals surface area contributed by atoms with E-state index in [-0.39, 0.29) is 28.7 Å². The minimum Gasteiger partial charge on any atom is -0.447 e. The number of carbonyl (C=O) groups excluding carboxylic acids is 2. The first-order valence-electron chi connectivity index (χ1n) is 15.8. The quantitative estimate of drug-likeness (QED) is 0.175. The molecule has 276 valence electrons. The Morgan fingerprint density at radius 3 is 2.40 bits per heavy atom. The number of ether oxygens (including phenoxy) is 1. The van der Waals surface area contributed by atoms with Gasteiger partial charge in [-0.3, -0.25) is 9.69 Å². The number of anilines is 1. The molecule has 1 saturated carbocycles. The number of hydrazone groups is 1. The van der Waals surface area contributed by atoms with Gasteiger partial charge in [0.15, 0.2) is 11.5 Å². The maximum atomic E-state index is 14.9. The second-order valence-corrected chi connectivity index (χ2v) is 14.1. The summed E-state index contributed by atoms with van der Waals surface area (Å²) in [5, 5.41) is 9.53. The van der Waals surface area contributed by atoms with Crippen LogP contribution in [0.25, 0.3) is 11.1 Å². The van der Waals surface area contributed by atoms with E-state index in [1.807, 2.05) is 20.8 Å². The van der Waals surface area contributed by atoms with Gasteiger partial charge >= 0.3 is 18.7 Å². The van der Waals surface area contributed by atoms with E-state index in [1.165, 1.54) is 30.6 Å². The number of rotatable bonds is 10. The summed E-state index contributed by atoms with van der Waals surface area (Å²) >= 11 is 6.34. The maximum absolute atomic E-state index is 14.9. The lowest BCUT2D eigenvalue weighted by molar-refractivity contribution is -0.135. The molecule has 12 nitrogen and oxygen atoms in total. The lowest BCUT2D eigenvalue weighted by Gasteiger charge is -2.35. The van der Waals surface area contributed by atoms with Crippen molar-refractivity contribution in [2.75, 3.05) is 11.6 Å². The summed E-state index contributed by atoms with van der Waals surface area (Å²) in [6, 6.07) is 3.82. The second kappa shape index (κ2) is 13.1. The number of hydrogen-bond acceptors (Lipinski definition) is 9. The number of benzene rings is 2. The Morgan fingerprint density at radius 1 is 1.12 bits per heavy atom. The van der Waals surface area contributed by atoms with Crippen LogP contribution in [0.2, 0.25) is 5.02 Å². The van der Waals surface area contributed by atoms with E-state index in [0.717, 1.165) is 11.2 Å². The molecule has 0 saturated heterocycles. The second-order valence-electron chi connectivity index (χ2n) is 13.7. The fourth-order valence-corrected chi connectivity index (χ4v) is 6.29. The number of aliphatic imine (C=N–C) groups is 2. The Labute approximate surface area is 298 Å². The summed E-state index contributed by atoms with van der Waals surface area (Å²) < 4.78 is 89.0. The van der Waals surface area contributed by atoms with E-state index in [2.05, 4.69) is 25.5 Å². The average Bonchev–Trinajstić information content (AvgIpc) is 3.35. The van der Waals surface area contributed by atoms with Crippen molar-refractivity contribution >= 4 is 47.8 Å². The fraction of sp³-hybridized carbons (Fsp3) is 0.394. The molecule has 1 aliphatic carbocycles. The van der Waals surface area contributed by atoms with Gasteiger partial charge in [0.05, 0.1) is 29.2 Å². The molecule has 2 aromatic carbocycles. The number of nitrogens with two attached hydrogens (primary N) is 1. The van der Waals surface area contributed by atoms with Crippen LogP contribution < -0.4 is 16.1 Å². The van der Waals surface area contributed by atoms with Crippen molar-refractivity contribution in [1.29, 1.82) is 0 Å². The number of alkyl carbamates (subject to hydrolysis) is 1. The first kappa shape index (κ1) is 36.7. The fourth-order valence-electron chi connectivity index (χ4n) is 6.09. The summed E-state index contributed by atoms with van der Waals surface area (Å²) in [5.74, 6) is -4.09. The van der Waals surface area contributed by atoms with Crippen LogP contribution >= 0.6 is 11.6 Å². The molecule has 3 N–H and O–H groups in total. The van der Waals surface area contributed by atoms with Crippen molar-refractivity contribution in [2.45, 2.75) is 69.8 Å². The number of carbonyl (C=O) groups is 2. The summed E-state index contributed by atoms with van der Waals surface area (Å²) in [6.07, 6.45) is 1.99. The van der Waals surface area contributed by atoms with E-state index >= 15 is 0 Å². The van der Waals surface area contributed by atoms with Gasteiger partial charge in [-0.25, -0.2) is 28.2 Å². The molecular formula is C33H32ClF6N9O3. The standard InChI is InChI=1S/C33H32ClF6N9O3/c1-30(2,3)15-31(21-7-4-18(5-8-21)20-12-43-47(13-20)27(35)36)26(50)48(28(41)46-31)24(14-52-29(51)45-25-11-32(25,37)38)19-6-9-22(34)23(10-19)49-33(39,40)16-42-17-44-49/h4-10,12-13,16-17,24-25,27H,11,14-15H2,1-3H3,(H2,41,46)(H,45,51)/t24-,25-,31-/m1/s1. The summed E-state index contributed by atoms with van der Waals surface area (Å²) in [5.41, 5.74) is 5.38. The van der Waals surface area contributed by atoms with Gasteiger partial charge in [0, 0.05) is 18.2 Å². The number of hydrogen-bond donors (Lipinski definition) is 2. The van der Waals surface area contributed by atoms with Gasteiger partial charge in [0.1, 0.15) is 19.0 Å². The molecule has 0 radical (unpaired) electrons. The van der Waals surface area contributed by atoms with E-state index < -0.39 is 66.6 Å². The van der Waals surface area contributed by atoms with Gasteiger partial charge in [0.25, 0.3) is 11.8 Å². The summed E-state index contributed by atoms with van der Waals surface area (Å²) in [6.45, 7) is 2.10. The Kier molecular flexibility index (Phi) is 9.25. The molecule has 19 heteroatoms. The topological polar surface area (TPSA) is 143 Å². The van der Waals surface area contributed by atoms with Crippen molar-refractivity contribution in [3.8, 4) is 11.1 Å². The van der Waals surface area contributed by atoms with Gasteiger partial charge in [0.2, 0.25) is 0 Å². The van der Waals surface area contributed by atoms with Crippen LogP contribution in [0, 0.1) is 5.41 Å². The number of amides is 2. The van der Waals surface area contributed by atoms with Crippen LogP contribution in [-0.4, -0.2) is 69.8 Å². The van der Waals surface area contributed by atoms with Crippen molar-refractivity contribution in [1.82, 2.24) is 20.0 Å². The molecule has 2 amide bonds. The molecule has 0 bridgehead atoms. The Balaban J connectivity index is 1.39. The lowest BCUT2D eigenvalue weighted by atomic mass is 9.75. The highest BCUT2D eigenvalue weighted by Gasteiger charge is 2.58. The van der Waals surface area contributed by atoms with Gasteiger partial charge in [-0.2, -0.15) is 32.8 Å². The zero-order valence-corrected chi connectivity index (χ0v) is 28.5. The summed E-state index contributed by atoms with van der Waals surface area (Å²) in [4.78, 5) is 36.6. The number of aromatic nitrogens is 2. The maximum Gasteiger partial charge on any atom is 0.407 e. The van der Waals surface area contributed by atoms with Crippen LogP contribution in [0.1, 0.15) is 57.3 Å². The number of guanidine groups is 1. The number of halogens is 7. The molecule has 3 atom stereocenters. The molecule has 2 aliphatic heterocycles. The predicted octanol–water partition coefficient (Wildman–Crippen LogP) is 6.69. The normalized spacial score (nSPS) is 22.5. The molecule has 1 aromatic heterocycles. The van der Waals surface area contributed by atoms with Crippen LogP contribution in [0.15, 0.2) is 69.9 Å². The van der Waals surface area contributed by atoms with Crippen molar-refractivity contribution in [3.05, 3.63) is 71.0 Å². The minimum absolute atomic E-state index is 0.0990. The van der Waals surface area contributed by atoms with Gasteiger partial charge in [-0.1, -0.05) is 62.7 Å². The van der Waals surface area contributed by atoms with Crippen LogP contribution in [0.4, 0.5) is 36.8 Å². The minimum atomic E-state index is -3.70. The predicted molar refractivity (Wildman–Crippen MR) is 180 cm³/mol. The number of alkyl halides is 6. The highest BCUT2D eigenvalue weighted by molar-refractivity contribution is 6.33. The van der Waals surface area contributed by atoms with Crippen LogP contribution in [0.5, 0.6) is 0 Å². The first-order chi connectivity index (χ1) is 24.3. The largest absolute Gasteiger partial charge is 0.447 e. The van der Waals surface area contributed by atoms with Crippen LogP contribution in [-0.2, 0) is 15.1 Å². The summed E-state index contributed by atoms with van der Waals surface area (Å²) in [7, 11) is 0. The SMILES string of the molecule is CC(C)(C)C[C@]1(c2ccc(-c3cnn(C(F)F)c3)cc2)N=C(N)N([C@H](COC(=O)N[C@@H]2CC2(F)F)c2ccc(Cl)c(N3N=CN=CC3(F)F)c2)C1=O. The molecule has 3 aliphatic rings. The van der Waals surface area contributed by atoms with Crippen LogP contribution in [0.3, 0.4) is 0 Å². The number of nitrogens with zero attached hydrogens (tertiary/aromatic N) is 7. The molecule has 1 fully saturated rings. The highest BCUT2D eigenvalue weighted by atomic mass is 35.5. The van der Waals surface area contributed by atoms with Gasteiger partial charge in [-0.05, 0) is 40.7 Å². The third-order valence-electron chi connectivity index (χ3n) is 8.54. The van der Waals surface area contributed by atoms with E-state index in [4.69, 9.17) is 22.1 Å². The number of nitrogens with one attached hydrogen (secondary N) is 1. The average molecular weight is 752 g/mol. The molecule has 0 unspecified atom stereocenters. The lowest BCUT2D eigenvalue weighted by Crippen LogP contribution is -2.48. The third-order valence-corrected chi connectivity index (χ3v) is 8.86. The monoisotopic (exact) mass is 751 g/mol. The van der Waals surface area contributed by atoms with Gasteiger partial charge < -0.3 is 15.8 Å². The van der Waals surface area contributed by atoms with Gasteiger partial charge in [-0.15, -0.1) is 0 Å². The molecule has 0 spiro atoms.